The second-order valence-electron chi connectivity index (χ2n) is 4.24. The van der Waals surface area contributed by atoms with Crippen LogP contribution in [0.25, 0.3) is 0 Å². The summed E-state index contributed by atoms with van der Waals surface area (Å²) in [5.41, 5.74) is 1.41. The fourth-order valence-corrected chi connectivity index (χ4v) is 1.85. The second kappa shape index (κ2) is 7.25. The van der Waals surface area contributed by atoms with Gasteiger partial charge in [0.05, 0.1) is 13.5 Å². The molecule has 0 aromatic carbocycles. The van der Waals surface area contributed by atoms with Crippen molar-refractivity contribution < 1.29 is 14.6 Å². The van der Waals surface area contributed by atoms with Gasteiger partial charge in [-0.15, -0.1) is 0 Å². The van der Waals surface area contributed by atoms with Crippen LogP contribution < -0.4 is 0 Å². The normalized spacial score (nSPS) is 16.8. The first-order chi connectivity index (χ1) is 8.15. The summed E-state index contributed by atoms with van der Waals surface area (Å²) in [5, 5.41) is 0. The van der Waals surface area contributed by atoms with E-state index in [0.717, 1.165) is 12.8 Å². The highest BCUT2D eigenvalue weighted by atomic mass is 17.2. The molecule has 17 heavy (non-hydrogen) atoms. The van der Waals surface area contributed by atoms with Crippen molar-refractivity contribution in [1.82, 2.24) is 4.90 Å². The van der Waals surface area contributed by atoms with Gasteiger partial charge in [0.2, 0.25) is 0 Å². The van der Waals surface area contributed by atoms with Crippen molar-refractivity contribution in [2.45, 2.75) is 32.2 Å². The largest absolute Gasteiger partial charge is 0.343 e. The van der Waals surface area contributed by atoms with Crippen molar-refractivity contribution in [3.63, 3.8) is 0 Å². The Labute approximate surface area is 103 Å². The number of likely N-dealkylation sites (N-methyl/N-ethyl adjacent to an activating group) is 1. The van der Waals surface area contributed by atoms with E-state index in [1.807, 2.05) is 7.05 Å². The van der Waals surface area contributed by atoms with Crippen LogP contribution in [0.1, 0.15) is 26.2 Å². The number of hydrogen-bond acceptors (Lipinski definition) is 4. The maximum atomic E-state index is 11.1. The Balaban J connectivity index is 2.36. The molecule has 0 amide bonds. The smallest absolute Gasteiger partial charge is 0.299 e. The molecule has 0 N–H and O–H groups in total. The van der Waals surface area contributed by atoms with E-state index in [-0.39, 0.29) is 5.97 Å². The number of carbonyl (C=O) groups excluding carboxylic acids is 1. The Morgan fingerprint density at radius 2 is 2.35 bits per heavy atom. The molecule has 1 aliphatic carbocycles. The Morgan fingerprint density at radius 1 is 1.59 bits per heavy atom. The van der Waals surface area contributed by atoms with Crippen LogP contribution in [0.5, 0.6) is 0 Å². The zero-order valence-electron chi connectivity index (χ0n) is 10.8. The molecule has 1 atom stereocenters. The first kappa shape index (κ1) is 13.9. The van der Waals surface area contributed by atoms with Gasteiger partial charge in [-0.1, -0.05) is 23.8 Å². The lowest BCUT2D eigenvalue weighted by Crippen LogP contribution is -2.33. The van der Waals surface area contributed by atoms with Gasteiger partial charge in [0.15, 0.2) is 0 Å². The summed E-state index contributed by atoms with van der Waals surface area (Å²) in [5.74, 6) is -0.330. The second-order valence-corrected chi connectivity index (χ2v) is 4.24. The topological polar surface area (TPSA) is 38.8 Å². The summed E-state index contributed by atoms with van der Waals surface area (Å²) >= 11 is 0. The summed E-state index contributed by atoms with van der Waals surface area (Å²) in [6, 6.07) is 0.357. The average molecular weight is 239 g/mol. The van der Waals surface area contributed by atoms with E-state index >= 15 is 0 Å². The molecule has 96 valence electrons. The third kappa shape index (κ3) is 4.71. The first-order valence-corrected chi connectivity index (χ1v) is 5.94. The summed E-state index contributed by atoms with van der Waals surface area (Å²) in [4.78, 5) is 22.1. The van der Waals surface area contributed by atoms with Gasteiger partial charge in [-0.2, -0.15) is 4.89 Å². The van der Waals surface area contributed by atoms with E-state index in [2.05, 4.69) is 39.8 Å². The van der Waals surface area contributed by atoms with Crippen LogP contribution in [-0.4, -0.2) is 37.6 Å². The van der Waals surface area contributed by atoms with E-state index in [0.29, 0.717) is 19.0 Å². The predicted molar refractivity (Wildman–Crippen MR) is 66.3 cm³/mol. The summed E-state index contributed by atoms with van der Waals surface area (Å²) in [6.45, 7) is 2.83. The van der Waals surface area contributed by atoms with Crippen LogP contribution in [0.3, 0.4) is 0 Å². The van der Waals surface area contributed by atoms with Gasteiger partial charge in [-0.05, 0) is 26.8 Å². The van der Waals surface area contributed by atoms with Gasteiger partial charge in [0.1, 0.15) is 0 Å². The third-order valence-electron chi connectivity index (χ3n) is 3.09. The van der Waals surface area contributed by atoms with E-state index in [9.17, 15) is 4.79 Å². The van der Waals surface area contributed by atoms with Crippen LogP contribution in [0.15, 0.2) is 23.8 Å². The SMILES string of the molecule is COOC(=O)CCN(C)C(C)C1=CC=CCC1. The molecule has 0 aromatic heterocycles. The van der Waals surface area contributed by atoms with Crippen LogP contribution in [0, 0.1) is 0 Å². The van der Waals surface area contributed by atoms with Crippen LogP contribution >= 0.6 is 0 Å². The van der Waals surface area contributed by atoms with Gasteiger partial charge in [0.25, 0.3) is 0 Å². The molecule has 0 aromatic rings. The van der Waals surface area contributed by atoms with Crippen molar-refractivity contribution >= 4 is 5.97 Å². The van der Waals surface area contributed by atoms with Crippen LogP contribution in [0.4, 0.5) is 0 Å². The van der Waals surface area contributed by atoms with Crippen molar-refractivity contribution in [2.24, 2.45) is 0 Å². The van der Waals surface area contributed by atoms with Crippen LogP contribution in [-0.2, 0) is 14.6 Å². The lowest BCUT2D eigenvalue weighted by molar-refractivity contribution is -0.255. The Hall–Kier alpha value is -1.13. The highest BCUT2D eigenvalue weighted by molar-refractivity contribution is 5.68. The van der Waals surface area contributed by atoms with Crippen molar-refractivity contribution in [3.05, 3.63) is 23.8 Å². The maximum Gasteiger partial charge on any atom is 0.343 e. The average Bonchev–Trinajstić information content (AvgIpc) is 2.36. The van der Waals surface area contributed by atoms with Gasteiger partial charge in [0, 0.05) is 12.6 Å². The zero-order chi connectivity index (χ0) is 12.7. The fraction of sp³-hybridized carbons (Fsp3) is 0.615. The quantitative estimate of drug-likeness (QED) is 0.525. The molecular formula is C13H21NO3. The molecule has 0 bridgehead atoms. The van der Waals surface area contributed by atoms with Crippen molar-refractivity contribution in [2.75, 3.05) is 20.7 Å². The van der Waals surface area contributed by atoms with Crippen molar-refractivity contribution in [1.29, 1.82) is 0 Å². The number of hydrogen-bond donors (Lipinski definition) is 0. The number of rotatable bonds is 6. The van der Waals surface area contributed by atoms with Gasteiger partial charge < -0.3 is 0 Å². The van der Waals surface area contributed by atoms with Gasteiger partial charge in [-0.25, -0.2) is 4.79 Å². The maximum absolute atomic E-state index is 11.1. The molecule has 0 radical (unpaired) electrons. The lowest BCUT2D eigenvalue weighted by atomic mass is 9.98. The zero-order valence-corrected chi connectivity index (χ0v) is 10.8. The lowest BCUT2D eigenvalue weighted by Gasteiger charge is -2.27. The fourth-order valence-electron chi connectivity index (χ4n) is 1.85. The molecule has 0 aliphatic heterocycles. The van der Waals surface area contributed by atoms with E-state index < -0.39 is 0 Å². The molecule has 1 rings (SSSR count). The number of allylic oxidation sites excluding steroid dienone is 3. The van der Waals surface area contributed by atoms with Crippen LogP contribution in [0.2, 0.25) is 0 Å². The minimum Gasteiger partial charge on any atom is -0.299 e. The Morgan fingerprint density at radius 3 is 2.94 bits per heavy atom. The number of carbonyl (C=O) groups is 1. The van der Waals surface area contributed by atoms with E-state index in [1.165, 1.54) is 12.7 Å². The minimum atomic E-state index is -0.330. The molecule has 0 saturated carbocycles. The minimum absolute atomic E-state index is 0.330. The molecule has 4 nitrogen and oxygen atoms in total. The molecule has 4 heteroatoms. The molecule has 0 saturated heterocycles. The van der Waals surface area contributed by atoms with E-state index in [4.69, 9.17) is 0 Å². The molecule has 0 fully saturated rings. The monoisotopic (exact) mass is 239 g/mol. The van der Waals surface area contributed by atoms with E-state index in [1.54, 1.807) is 0 Å². The molecule has 0 heterocycles. The van der Waals surface area contributed by atoms with Gasteiger partial charge >= 0.3 is 5.97 Å². The number of nitrogens with zero attached hydrogens (tertiary/aromatic N) is 1. The molecule has 1 aliphatic rings. The molecule has 1 unspecified atom stereocenters. The predicted octanol–water partition coefficient (Wildman–Crippen LogP) is 2.08. The third-order valence-corrected chi connectivity index (χ3v) is 3.09. The van der Waals surface area contributed by atoms with Crippen molar-refractivity contribution in [3.8, 4) is 0 Å². The highest BCUT2D eigenvalue weighted by Crippen LogP contribution is 2.18. The summed E-state index contributed by atoms with van der Waals surface area (Å²) in [7, 11) is 3.35. The summed E-state index contributed by atoms with van der Waals surface area (Å²) < 4.78 is 0. The Bertz CT molecular complexity index is 310. The Kier molecular flexibility index (Phi) is 5.94. The first-order valence-electron chi connectivity index (χ1n) is 5.94. The molecule has 0 spiro atoms. The standard InChI is InChI=1S/C13H21NO3/c1-11(12-7-5-4-6-8-12)14(2)10-9-13(15)17-16-3/h4-5,7,11H,6,8-10H2,1-3H3. The summed E-state index contributed by atoms with van der Waals surface area (Å²) in [6.07, 6.45) is 8.99. The molecular weight excluding hydrogens is 218 g/mol. The highest BCUT2D eigenvalue weighted by Gasteiger charge is 2.16. The van der Waals surface area contributed by atoms with Gasteiger partial charge in [-0.3, -0.25) is 9.79 Å².